The highest BCUT2D eigenvalue weighted by Gasteiger charge is 2.21. The van der Waals surface area contributed by atoms with E-state index in [4.69, 9.17) is 17.2 Å². The molecule has 1 N–H and O–H groups in total. The number of fused-ring (bicyclic) bond motifs is 1. The number of benzene rings is 1. The van der Waals surface area contributed by atoms with Crippen LogP contribution in [0.2, 0.25) is 0 Å². The quantitative estimate of drug-likeness (QED) is 0.860. The Kier molecular flexibility index (Phi) is 3.80. The van der Waals surface area contributed by atoms with Crippen molar-refractivity contribution < 1.29 is 0 Å². The normalized spacial score (nSPS) is 17.5. The van der Waals surface area contributed by atoms with Gasteiger partial charge in [0.05, 0.1) is 17.4 Å². The number of hydrogen-bond donors (Lipinski definition) is 1. The highest BCUT2D eigenvalue weighted by molar-refractivity contribution is 7.80. The molecule has 0 spiro atoms. The number of nitrogens with one attached hydrogen (secondary N) is 1. The minimum atomic E-state index is -0.0607. The molecule has 1 aliphatic heterocycles. The van der Waals surface area contributed by atoms with E-state index in [9.17, 15) is 0 Å². The van der Waals surface area contributed by atoms with Crippen LogP contribution in [0.25, 0.3) is 0 Å². The Morgan fingerprint density at radius 1 is 1.24 bits per heavy atom. The molecule has 3 rings (SSSR count). The van der Waals surface area contributed by atoms with Gasteiger partial charge in [-0.3, -0.25) is 9.98 Å². The summed E-state index contributed by atoms with van der Waals surface area (Å²) in [4.78, 5) is 9.96. The molecule has 2 aromatic rings. The Labute approximate surface area is 130 Å². The molecule has 1 aromatic carbocycles. The van der Waals surface area contributed by atoms with Gasteiger partial charge in [0.1, 0.15) is 4.99 Å². The first kappa shape index (κ1) is 13.9. The summed E-state index contributed by atoms with van der Waals surface area (Å²) >= 11 is 5.44. The lowest BCUT2D eigenvalue weighted by Crippen LogP contribution is -2.20. The van der Waals surface area contributed by atoms with Gasteiger partial charge in [-0.15, -0.1) is 0 Å². The highest BCUT2D eigenvalue weighted by Crippen LogP contribution is 2.25. The Bertz CT molecular complexity index is 707. The van der Waals surface area contributed by atoms with Crippen LogP contribution in [0.4, 0.5) is 5.69 Å². The first-order valence-electron chi connectivity index (χ1n) is 7.12. The zero-order valence-corrected chi connectivity index (χ0v) is 12.9. The number of aromatic nitrogens is 1. The molecular formula is C17H17N3S. The van der Waals surface area contributed by atoms with Crippen LogP contribution in [-0.4, -0.2) is 21.7 Å². The third-order valence-corrected chi connectivity index (χ3v) is 4.06. The van der Waals surface area contributed by atoms with E-state index >= 15 is 0 Å². The van der Waals surface area contributed by atoms with Crippen LogP contribution in [0.3, 0.4) is 0 Å². The summed E-state index contributed by atoms with van der Waals surface area (Å²) in [5.41, 5.74) is 5.12. The second-order valence-electron chi connectivity index (χ2n) is 5.09. The van der Waals surface area contributed by atoms with E-state index < -0.39 is 0 Å². The smallest absolute Gasteiger partial charge is 0.104 e. The number of pyridine rings is 1. The number of aliphatic imine (C=N–C) groups is 1. The van der Waals surface area contributed by atoms with E-state index in [1.165, 1.54) is 5.56 Å². The van der Waals surface area contributed by atoms with Crippen molar-refractivity contribution in [1.82, 2.24) is 4.98 Å². The van der Waals surface area contributed by atoms with Gasteiger partial charge < -0.3 is 5.32 Å². The number of hydrogen-bond acceptors (Lipinski definition) is 3. The van der Waals surface area contributed by atoms with Gasteiger partial charge in [-0.05, 0) is 37.1 Å². The molecule has 4 heteroatoms. The molecular weight excluding hydrogens is 278 g/mol. The summed E-state index contributed by atoms with van der Waals surface area (Å²) in [6.07, 6.45) is 2.78. The molecule has 0 radical (unpaired) electrons. The predicted molar refractivity (Wildman–Crippen MR) is 91.4 cm³/mol. The average Bonchev–Trinajstić information content (AvgIpc) is 2.64. The van der Waals surface area contributed by atoms with Crippen LogP contribution in [0.5, 0.6) is 0 Å². The van der Waals surface area contributed by atoms with Crippen LogP contribution in [0, 0.1) is 0 Å². The maximum absolute atomic E-state index is 5.44. The number of thiocarbonyl (C=S) groups is 1. The van der Waals surface area contributed by atoms with E-state index in [0.717, 1.165) is 34.1 Å². The standard InChI is InChI=1S/C17H17N3S/c1-3-12-7-8-13-15(10-12)20-17(21)11(2)19-16(13)14-6-4-5-9-18-14/h4-11H,3H2,1-2H3,(H,20,21). The number of aryl methyl sites for hydroxylation is 1. The molecule has 0 fully saturated rings. The minimum absolute atomic E-state index is 0.0607. The number of nitrogens with zero attached hydrogens (tertiary/aromatic N) is 2. The molecule has 0 saturated heterocycles. The van der Waals surface area contributed by atoms with Crippen LogP contribution < -0.4 is 5.32 Å². The number of rotatable bonds is 2. The Balaban J connectivity index is 2.19. The summed E-state index contributed by atoms with van der Waals surface area (Å²) in [6, 6.07) is 12.2. The summed E-state index contributed by atoms with van der Waals surface area (Å²) in [5, 5.41) is 3.34. The number of anilines is 1. The van der Waals surface area contributed by atoms with Gasteiger partial charge in [0.2, 0.25) is 0 Å². The highest BCUT2D eigenvalue weighted by atomic mass is 32.1. The summed E-state index contributed by atoms with van der Waals surface area (Å²) in [5.74, 6) is 0. The molecule has 0 bridgehead atoms. The van der Waals surface area contributed by atoms with Crippen molar-refractivity contribution in [3.05, 3.63) is 59.4 Å². The zero-order valence-electron chi connectivity index (χ0n) is 12.1. The fraction of sp³-hybridized carbons (Fsp3) is 0.235. The molecule has 1 unspecified atom stereocenters. The zero-order chi connectivity index (χ0) is 14.8. The van der Waals surface area contributed by atoms with Gasteiger partial charge in [0.15, 0.2) is 0 Å². The monoisotopic (exact) mass is 295 g/mol. The van der Waals surface area contributed by atoms with Crippen molar-refractivity contribution in [2.45, 2.75) is 26.3 Å². The molecule has 1 aromatic heterocycles. The van der Waals surface area contributed by atoms with Crippen molar-refractivity contribution in [2.75, 3.05) is 5.32 Å². The Morgan fingerprint density at radius 3 is 2.81 bits per heavy atom. The lowest BCUT2D eigenvalue weighted by Gasteiger charge is -2.11. The topological polar surface area (TPSA) is 37.3 Å². The molecule has 0 amide bonds. The maximum atomic E-state index is 5.44. The van der Waals surface area contributed by atoms with Crippen molar-refractivity contribution >= 4 is 28.6 Å². The Hall–Kier alpha value is -2.07. The van der Waals surface area contributed by atoms with Gasteiger partial charge in [-0.25, -0.2) is 0 Å². The van der Waals surface area contributed by atoms with Gasteiger partial charge >= 0.3 is 0 Å². The fourth-order valence-corrected chi connectivity index (χ4v) is 2.55. The minimum Gasteiger partial charge on any atom is -0.348 e. The summed E-state index contributed by atoms with van der Waals surface area (Å²) in [7, 11) is 0. The maximum Gasteiger partial charge on any atom is 0.104 e. The summed E-state index contributed by atoms with van der Waals surface area (Å²) < 4.78 is 0. The fourth-order valence-electron chi connectivity index (χ4n) is 2.39. The third-order valence-electron chi connectivity index (χ3n) is 3.61. The van der Waals surface area contributed by atoms with E-state index in [1.807, 2.05) is 25.1 Å². The summed E-state index contributed by atoms with van der Waals surface area (Å²) in [6.45, 7) is 4.15. The van der Waals surface area contributed by atoms with Crippen molar-refractivity contribution in [2.24, 2.45) is 4.99 Å². The molecule has 106 valence electrons. The van der Waals surface area contributed by atoms with E-state index in [1.54, 1.807) is 6.20 Å². The van der Waals surface area contributed by atoms with Gasteiger partial charge in [-0.1, -0.05) is 37.3 Å². The second-order valence-corrected chi connectivity index (χ2v) is 5.53. The van der Waals surface area contributed by atoms with Crippen LogP contribution in [0.1, 0.15) is 30.7 Å². The third kappa shape index (κ3) is 2.72. The van der Waals surface area contributed by atoms with E-state index in [2.05, 4.69) is 35.4 Å². The molecule has 0 aliphatic carbocycles. The molecule has 1 aliphatic rings. The van der Waals surface area contributed by atoms with E-state index in [-0.39, 0.29) is 6.04 Å². The van der Waals surface area contributed by atoms with Crippen molar-refractivity contribution in [3.63, 3.8) is 0 Å². The molecule has 3 nitrogen and oxygen atoms in total. The Morgan fingerprint density at radius 2 is 2.10 bits per heavy atom. The molecule has 21 heavy (non-hydrogen) atoms. The van der Waals surface area contributed by atoms with Crippen LogP contribution in [-0.2, 0) is 6.42 Å². The van der Waals surface area contributed by atoms with Gasteiger partial charge in [-0.2, -0.15) is 0 Å². The van der Waals surface area contributed by atoms with Crippen LogP contribution in [0.15, 0.2) is 47.6 Å². The first-order chi connectivity index (χ1) is 10.2. The average molecular weight is 295 g/mol. The predicted octanol–water partition coefficient (Wildman–Crippen LogP) is 3.62. The van der Waals surface area contributed by atoms with Gasteiger partial charge in [0.25, 0.3) is 0 Å². The first-order valence-corrected chi connectivity index (χ1v) is 7.53. The SMILES string of the molecule is CCc1ccc2c(c1)NC(=S)C(C)N=C2c1ccccn1. The lowest BCUT2D eigenvalue weighted by atomic mass is 10.0. The van der Waals surface area contributed by atoms with Crippen molar-refractivity contribution in [1.29, 1.82) is 0 Å². The molecule has 1 atom stereocenters. The molecule has 0 saturated carbocycles. The van der Waals surface area contributed by atoms with Crippen molar-refractivity contribution in [3.8, 4) is 0 Å². The lowest BCUT2D eigenvalue weighted by molar-refractivity contribution is 0.989. The largest absolute Gasteiger partial charge is 0.348 e. The van der Waals surface area contributed by atoms with Gasteiger partial charge in [0, 0.05) is 17.4 Å². The second kappa shape index (κ2) is 5.74. The molecule has 2 heterocycles. The van der Waals surface area contributed by atoms with Crippen LogP contribution >= 0.6 is 12.2 Å². The number of benzodiazepines with no additional fused rings is 1. The van der Waals surface area contributed by atoms with E-state index in [0.29, 0.717) is 0 Å².